The Hall–Kier alpha value is -1.55. The van der Waals surface area contributed by atoms with Gasteiger partial charge in [-0.25, -0.2) is 9.98 Å². The van der Waals surface area contributed by atoms with Gasteiger partial charge in [0, 0.05) is 44.0 Å². The Morgan fingerprint density at radius 3 is 2.59 bits per heavy atom. The van der Waals surface area contributed by atoms with Crippen molar-refractivity contribution in [2.24, 2.45) is 4.99 Å². The van der Waals surface area contributed by atoms with E-state index < -0.39 is 0 Å². The number of aliphatic imine (C=N–C) groups is 1. The van der Waals surface area contributed by atoms with Crippen molar-refractivity contribution in [1.82, 2.24) is 15.2 Å². The smallest absolute Gasteiger partial charge is 0.194 e. The maximum atomic E-state index is 5.52. The number of nitrogens with one attached hydrogen (secondary N) is 1. The summed E-state index contributed by atoms with van der Waals surface area (Å²) in [5.74, 6) is 2.38. The van der Waals surface area contributed by atoms with Gasteiger partial charge in [-0.05, 0) is 19.1 Å². The number of hydrogen-bond acceptors (Lipinski definition) is 5. The highest BCUT2D eigenvalue weighted by molar-refractivity contribution is 14.0. The zero-order valence-corrected chi connectivity index (χ0v) is 20.9. The van der Waals surface area contributed by atoms with Gasteiger partial charge in [0.1, 0.15) is 5.75 Å². The number of guanidine groups is 1. The van der Waals surface area contributed by atoms with Crippen LogP contribution in [0.3, 0.4) is 0 Å². The van der Waals surface area contributed by atoms with Gasteiger partial charge in [0.25, 0.3) is 0 Å². The van der Waals surface area contributed by atoms with Crippen LogP contribution in [0.5, 0.6) is 5.75 Å². The fraction of sp³-hybridized carbons (Fsp3) is 0.524. The van der Waals surface area contributed by atoms with Crippen molar-refractivity contribution in [3.8, 4) is 5.75 Å². The zero-order chi connectivity index (χ0) is 19.9. The molecule has 3 rings (SSSR count). The molecule has 1 aromatic heterocycles. The number of anilines is 1. The van der Waals surface area contributed by atoms with Crippen LogP contribution in [0.4, 0.5) is 5.69 Å². The lowest BCUT2D eigenvalue weighted by molar-refractivity contribution is 0.367. The van der Waals surface area contributed by atoms with E-state index in [1.165, 1.54) is 5.01 Å². The van der Waals surface area contributed by atoms with Gasteiger partial charge < -0.3 is 19.9 Å². The minimum Gasteiger partial charge on any atom is -0.495 e. The lowest BCUT2D eigenvalue weighted by Gasteiger charge is -2.38. The summed E-state index contributed by atoms with van der Waals surface area (Å²) in [6, 6.07) is 8.22. The number of para-hydroxylation sites is 2. The zero-order valence-electron chi connectivity index (χ0n) is 17.7. The van der Waals surface area contributed by atoms with E-state index in [9.17, 15) is 0 Å². The van der Waals surface area contributed by atoms with Gasteiger partial charge >= 0.3 is 0 Å². The molecule has 1 aromatic carbocycles. The van der Waals surface area contributed by atoms with Gasteiger partial charge in [0.2, 0.25) is 0 Å². The molecule has 160 valence electrons. The Balaban J connectivity index is 0.00000300. The third kappa shape index (κ3) is 6.21. The Bertz CT molecular complexity index is 787. The monoisotopic (exact) mass is 529 g/mol. The number of methoxy groups -OCH3 is 1. The van der Waals surface area contributed by atoms with Gasteiger partial charge in [-0.15, -0.1) is 35.3 Å². The lowest BCUT2D eigenvalue weighted by Crippen LogP contribution is -2.52. The summed E-state index contributed by atoms with van der Waals surface area (Å²) in [6.45, 7) is 11.7. The van der Waals surface area contributed by atoms with Gasteiger partial charge in [-0.3, -0.25) is 0 Å². The number of thiazole rings is 1. The summed E-state index contributed by atoms with van der Waals surface area (Å²) in [6.07, 6.45) is 0. The molecule has 1 fully saturated rings. The predicted molar refractivity (Wildman–Crippen MR) is 133 cm³/mol. The molecule has 0 spiro atoms. The van der Waals surface area contributed by atoms with E-state index in [0.29, 0.717) is 12.5 Å². The van der Waals surface area contributed by atoms with Crippen molar-refractivity contribution >= 4 is 47.0 Å². The highest BCUT2D eigenvalue weighted by atomic mass is 127. The molecule has 1 N–H and O–H groups in total. The second kappa shape index (κ2) is 11.6. The number of rotatable bonds is 6. The van der Waals surface area contributed by atoms with Gasteiger partial charge in [0.15, 0.2) is 5.96 Å². The molecule has 0 unspecified atom stereocenters. The fourth-order valence-electron chi connectivity index (χ4n) is 3.29. The molecule has 8 heteroatoms. The standard InChI is InChI=1S/C21H31N5OS.HI/c1-5-22-21(23-14-17-15-28-20(24-17)16(2)3)26-12-10-25(11-13-26)18-8-6-7-9-19(18)27-4;/h6-9,15-16H,5,10-14H2,1-4H3,(H,22,23);1H. The average molecular weight is 529 g/mol. The summed E-state index contributed by atoms with van der Waals surface area (Å²) in [7, 11) is 1.73. The van der Waals surface area contributed by atoms with Crippen LogP contribution in [0.1, 0.15) is 37.4 Å². The van der Waals surface area contributed by atoms with Crippen molar-refractivity contribution in [2.75, 3.05) is 44.7 Å². The number of piperazine rings is 1. The van der Waals surface area contributed by atoms with Crippen LogP contribution >= 0.6 is 35.3 Å². The minimum atomic E-state index is 0. The first kappa shape index (κ1) is 23.7. The van der Waals surface area contributed by atoms with Crippen LogP contribution in [-0.2, 0) is 6.54 Å². The molecule has 2 aromatic rings. The van der Waals surface area contributed by atoms with Crippen LogP contribution in [0, 0.1) is 0 Å². The molecule has 0 bridgehead atoms. The van der Waals surface area contributed by atoms with E-state index in [2.05, 4.69) is 53.4 Å². The predicted octanol–water partition coefficient (Wildman–Crippen LogP) is 4.18. The Morgan fingerprint density at radius 2 is 1.97 bits per heavy atom. The highest BCUT2D eigenvalue weighted by Crippen LogP contribution is 2.28. The van der Waals surface area contributed by atoms with E-state index in [1.54, 1.807) is 18.4 Å². The molecule has 6 nitrogen and oxygen atoms in total. The molecule has 0 amide bonds. The Labute approximate surface area is 195 Å². The molecule has 0 aliphatic carbocycles. The number of halogens is 1. The number of ether oxygens (including phenoxy) is 1. The SMILES string of the molecule is CCNC(=NCc1csc(C(C)C)n1)N1CCN(c2ccccc2OC)CC1.I. The number of nitrogens with zero attached hydrogens (tertiary/aromatic N) is 4. The van der Waals surface area contributed by atoms with Gasteiger partial charge in [-0.1, -0.05) is 26.0 Å². The van der Waals surface area contributed by atoms with Crippen LogP contribution in [0.25, 0.3) is 0 Å². The third-order valence-corrected chi connectivity index (χ3v) is 5.99. The molecule has 0 radical (unpaired) electrons. The van der Waals surface area contributed by atoms with Crippen LogP contribution < -0.4 is 15.0 Å². The Kier molecular flexibility index (Phi) is 9.48. The maximum Gasteiger partial charge on any atom is 0.194 e. The first-order valence-corrected chi connectivity index (χ1v) is 10.9. The summed E-state index contributed by atoms with van der Waals surface area (Å²) < 4.78 is 5.52. The average Bonchev–Trinajstić information content (AvgIpc) is 3.21. The minimum absolute atomic E-state index is 0. The molecular formula is C21H32IN5OS. The maximum absolute atomic E-state index is 5.52. The van der Waals surface area contributed by atoms with Crippen molar-refractivity contribution in [2.45, 2.75) is 33.2 Å². The first-order chi connectivity index (χ1) is 13.6. The second-order valence-corrected chi connectivity index (χ2v) is 8.04. The van der Waals surface area contributed by atoms with E-state index in [0.717, 1.165) is 55.8 Å². The number of benzene rings is 1. The summed E-state index contributed by atoms with van der Waals surface area (Å²) >= 11 is 1.73. The Morgan fingerprint density at radius 1 is 1.24 bits per heavy atom. The van der Waals surface area contributed by atoms with Gasteiger partial charge in [-0.2, -0.15) is 0 Å². The molecule has 2 heterocycles. The van der Waals surface area contributed by atoms with Crippen LogP contribution in [0.15, 0.2) is 34.6 Å². The second-order valence-electron chi connectivity index (χ2n) is 7.15. The largest absolute Gasteiger partial charge is 0.495 e. The van der Waals surface area contributed by atoms with Crippen molar-refractivity contribution in [1.29, 1.82) is 0 Å². The molecule has 0 atom stereocenters. The van der Waals surface area contributed by atoms with Crippen molar-refractivity contribution in [3.63, 3.8) is 0 Å². The highest BCUT2D eigenvalue weighted by Gasteiger charge is 2.21. The number of hydrogen-bond donors (Lipinski definition) is 1. The van der Waals surface area contributed by atoms with E-state index >= 15 is 0 Å². The van der Waals surface area contributed by atoms with Crippen molar-refractivity contribution < 1.29 is 4.74 Å². The van der Waals surface area contributed by atoms with Crippen LogP contribution in [-0.4, -0.2) is 55.7 Å². The lowest BCUT2D eigenvalue weighted by atomic mass is 10.2. The molecule has 0 saturated carbocycles. The molecule has 1 saturated heterocycles. The van der Waals surface area contributed by atoms with Crippen molar-refractivity contribution in [3.05, 3.63) is 40.3 Å². The van der Waals surface area contributed by atoms with Crippen LogP contribution in [0.2, 0.25) is 0 Å². The van der Waals surface area contributed by atoms with E-state index in [-0.39, 0.29) is 24.0 Å². The summed E-state index contributed by atoms with van der Waals surface area (Å²) in [5.41, 5.74) is 2.21. The summed E-state index contributed by atoms with van der Waals surface area (Å²) in [4.78, 5) is 14.3. The molecule has 1 aliphatic rings. The topological polar surface area (TPSA) is 53.0 Å². The number of aromatic nitrogens is 1. The van der Waals surface area contributed by atoms with E-state index in [4.69, 9.17) is 14.7 Å². The molecule has 29 heavy (non-hydrogen) atoms. The fourth-order valence-corrected chi connectivity index (χ4v) is 4.12. The summed E-state index contributed by atoms with van der Waals surface area (Å²) in [5, 5.41) is 6.75. The first-order valence-electron chi connectivity index (χ1n) is 9.97. The molecule has 1 aliphatic heterocycles. The quantitative estimate of drug-likeness (QED) is 0.346. The molecular weight excluding hydrogens is 497 g/mol. The normalized spacial score (nSPS) is 14.7. The third-order valence-electron chi connectivity index (χ3n) is 4.79. The van der Waals surface area contributed by atoms with E-state index in [1.807, 2.05) is 12.1 Å². The van der Waals surface area contributed by atoms with Gasteiger partial charge in [0.05, 0.1) is 30.0 Å².